The molecule has 0 bridgehead atoms. The van der Waals surface area contributed by atoms with E-state index in [0.29, 0.717) is 0 Å². The summed E-state index contributed by atoms with van der Waals surface area (Å²) < 4.78 is 63.2. The van der Waals surface area contributed by atoms with Crippen LogP contribution in [0, 0.1) is 0 Å². The molecule has 1 aromatic heterocycles. The van der Waals surface area contributed by atoms with Gasteiger partial charge in [0, 0.05) is 0 Å². The average molecular weight is 288 g/mol. The Morgan fingerprint density at radius 3 is 2.17 bits per heavy atom. The number of aryl methyl sites for hydroxylation is 2. The summed E-state index contributed by atoms with van der Waals surface area (Å²) in [6.07, 6.45) is 8.82. The maximum atomic E-state index is 10.7. The molecule has 0 aliphatic carbocycles. The van der Waals surface area contributed by atoms with E-state index in [2.05, 4.69) is 34.8 Å². The van der Waals surface area contributed by atoms with Crippen LogP contribution in [-0.2, 0) is 23.7 Å². The van der Waals surface area contributed by atoms with Gasteiger partial charge in [0.2, 0.25) is 6.33 Å². The van der Waals surface area contributed by atoms with Gasteiger partial charge in [0.1, 0.15) is 12.4 Å². The van der Waals surface area contributed by atoms with E-state index in [0.717, 1.165) is 6.54 Å². The van der Waals surface area contributed by atoms with Crippen molar-refractivity contribution in [3.8, 4) is 0 Å². The van der Waals surface area contributed by atoms with Gasteiger partial charge in [-0.05, 0) is 6.42 Å². The molecule has 1 aromatic rings. The van der Waals surface area contributed by atoms with Gasteiger partial charge in [0.25, 0.3) is 0 Å². The Hall–Kier alpha value is -1.09. The molecule has 1 rings (SSSR count). The van der Waals surface area contributed by atoms with Crippen LogP contribution in [0.3, 0.4) is 0 Å². The second-order valence-electron chi connectivity index (χ2n) is 3.57. The van der Waals surface area contributed by atoms with Crippen LogP contribution in [0.15, 0.2) is 18.7 Å². The molecule has 0 saturated heterocycles. The molecular formula is C9H15F3N2O3S. The lowest BCUT2D eigenvalue weighted by atomic mass is 10.3. The summed E-state index contributed by atoms with van der Waals surface area (Å²) in [5.74, 6) is 0. The maximum Gasteiger partial charge on any atom is 0.485 e. The van der Waals surface area contributed by atoms with Crippen molar-refractivity contribution in [2.45, 2.75) is 31.8 Å². The molecule has 0 aromatic carbocycles. The molecule has 106 valence electrons. The second-order valence-corrected chi connectivity index (χ2v) is 4.94. The van der Waals surface area contributed by atoms with E-state index >= 15 is 0 Å². The van der Waals surface area contributed by atoms with Gasteiger partial charge >= 0.3 is 5.51 Å². The maximum absolute atomic E-state index is 10.7. The van der Waals surface area contributed by atoms with Crippen LogP contribution >= 0.6 is 0 Å². The number of aromatic nitrogens is 2. The van der Waals surface area contributed by atoms with Crippen molar-refractivity contribution in [2.75, 3.05) is 0 Å². The molecule has 0 unspecified atom stereocenters. The predicted molar refractivity (Wildman–Crippen MR) is 56.3 cm³/mol. The minimum atomic E-state index is -6.09. The summed E-state index contributed by atoms with van der Waals surface area (Å²) in [5.41, 5.74) is -5.65. The van der Waals surface area contributed by atoms with Crippen LogP contribution < -0.4 is 4.57 Å². The minimum absolute atomic E-state index is 1.15. The lowest BCUT2D eigenvalue weighted by Crippen LogP contribution is -2.23. The highest BCUT2D eigenvalue weighted by Gasteiger charge is 2.36. The van der Waals surface area contributed by atoms with Gasteiger partial charge in [0.15, 0.2) is 10.1 Å². The van der Waals surface area contributed by atoms with Crippen LogP contribution in [0.5, 0.6) is 0 Å². The number of alkyl halides is 3. The van der Waals surface area contributed by atoms with E-state index in [9.17, 15) is 13.2 Å². The van der Waals surface area contributed by atoms with Gasteiger partial charge in [-0.1, -0.05) is 13.3 Å². The smallest absolute Gasteiger partial charge is 0.485 e. The number of halogens is 3. The largest absolute Gasteiger partial charge is 0.741 e. The second kappa shape index (κ2) is 6.74. The molecule has 0 N–H and O–H groups in total. The minimum Gasteiger partial charge on any atom is -0.741 e. The van der Waals surface area contributed by atoms with Crippen molar-refractivity contribution in [1.82, 2.24) is 4.57 Å². The summed E-state index contributed by atoms with van der Waals surface area (Å²) in [5, 5.41) is 0. The van der Waals surface area contributed by atoms with Crippen LogP contribution in [-0.4, -0.2) is 23.0 Å². The van der Waals surface area contributed by atoms with E-state index in [1.54, 1.807) is 0 Å². The van der Waals surface area contributed by atoms with Gasteiger partial charge in [-0.3, -0.25) is 0 Å². The van der Waals surface area contributed by atoms with E-state index in [4.69, 9.17) is 13.0 Å². The molecule has 0 fully saturated rings. The zero-order valence-electron chi connectivity index (χ0n) is 10.0. The molecule has 0 atom stereocenters. The Morgan fingerprint density at radius 1 is 1.39 bits per heavy atom. The van der Waals surface area contributed by atoms with Crippen molar-refractivity contribution in [3.63, 3.8) is 0 Å². The van der Waals surface area contributed by atoms with Gasteiger partial charge in [0.05, 0.1) is 13.6 Å². The highest BCUT2D eigenvalue weighted by atomic mass is 32.2. The first-order valence-corrected chi connectivity index (χ1v) is 6.52. The monoisotopic (exact) mass is 288 g/mol. The van der Waals surface area contributed by atoms with Crippen molar-refractivity contribution in [2.24, 2.45) is 7.05 Å². The third-order valence-electron chi connectivity index (χ3n) is 1.88. The fourth-order valence-electron chi connectivity index (χ4n) is 0.975. The van der Waals surface area contributed by atoms with Crippen molar-refractivity contribution in [3.05, 3.63) is 18.7 Å². The standard InChI is InChI=1S/C8H15N2.CHF3O3S/c1-3-4-5-10-7-6-9(2)8-10;2-1(3,4)8(5,6)7/h6-8H,3-5H2,1-2H3;(H,5,6,7)/q+1;/p-1. The van der Waals surface area contributed by atoms with Crippen molar-refractivity contribution < 1.29 is 30.7 Å². The predicted octanol–water partition coefficient (Wildman–Crippen LogP) is 1.16. The first-order chi connectivity index (χ1) is 8.08. The molecule has 0 amide bonds. The van der Waals surface area contributed by atoms with Crippen LogP contribution in [0.1, 0.15) is 19.8 Å². The Bertz CT molecular complexity index is 454. The fourth-order valence-corrected chi connectivity index (χ4v) is 0.975. The van der Waals surface area contributed by atoms with Gasteiger partial charge in [-0.25, -0.2) is 17.6 Å². The number of rotatable bonds is 3. The van der Waals surface area contributed by atoms with E-state index in [1.807, 2.05) is 7.05 Å². The molecule has 0 aliphatic heterocycles. The number of hydrogen-bond donors (Lipinski definition) is 0. The number of imidazole rings is 1. The quantitative estimate of drug-likeness (QED) is 0.476. The summed E-state index contributed by atoms with van der Waals surface area (Å²) >= 11 is 0. The zero-order valence-corrected chi connectivity index (χ0v) is 10.8. The lowest BCUT2D eigenvalue weighted by Gasteiger charge is -2.08. The molecule has 9 heteroatoms. The van der Waals surface area contributed by atoms with E-state index < -0.39 is 15.6 Å². The molecule has 0 aliphatic rings. The highest BCUT2D eigenvalue weighted by molar-refractivity contribution is 7.86. The number of nitrogens with zero attached hydrogens (tertiary/aromatic N) is 2. The number of hydrogen-bond acceptors (Lipinski definition) is 3. The summed E-state index contributed by atoms with van der Waals surface area (Å²) in [6.45, 7) is 3.36. The zero-order chi connectivity index (χ0) is 14.4. The number of unbranched alkanes of at least 4 members (excludes halogenated alkanes) is 1. The summed E-state index contributed by atoms with van der Waals surface area (Å²) in [6, 6.07) is 0. The molecule has 5 nitrogen and oxygen atoms in total. The molecule has 0 saturated carbocycles. The van der Waals surface area contributed by atoms with Crippen LogP contribution in [0.25, 0.3) is 0 Å². The SMILES string of the molecule is CCCCn1cc[n+](C)c1.O=S(=O)([O-])C(F)(F)F. The fraction of sp³-hybridized carbons (Fsp3) is 0.667. The Balaban J connectivity index is 0.000000331. The first kappa shape index (κ1) is 16.9. The molecule has 18 heavy (non-hydrogen) atoms. The summed E-state index contributed by atoms with van der Waals surface area (Å²) in [4.78, 5) is 0. The molecule has 0 spiro atoms. The van der Waals surface area contributed by atoms with E-state index in [-0.39, 0.29) is 0 Å². The normalized spacial score (nSPS) is 11.9. The van der Waals surface area contributed by atoms with Crippen LogP contribution in [0.2, 0.25) is 0 Å². The van der Waals surface area contributed by atoms with Gasteiger partial charge in [-0.2, -0.15) is 13.2 Å². The van der Waals surface area contributed by atoms with Crippen molar-refractivity contribution >= 4 is 10.1 Å². The Kier molecular flexibility index (Phi) is 6.33. The first-order valence-electron chi connectivity index (χ1n) is 5.11. The van der Waals surface area contributed by atoms with Crippen LogP contribution in [0.4, 0.5) is 13.2 Å². The van der Waals surface area contributed by atoms with Gasteiger partial charge in [-0.15, -0.1) is 0 Å². The topological polar surface area (TPSA) is 66.0 Å². The Morgan fingerprint density at radius 2 is 1.89 bits per heavy atom. The summed E-state index contributed by atoms with van der Waals surface area (Å²) in [7, 11) is -4.05. The third kappa shape index (κ3) is 6.60. The lowest BCUT2D eigenvalue weighted by molar-refractivity contribution is -0.671. The molecular weight excluding hydrogens is 273 g/mol. The highest BCUT2D eigenvalue weighted by Crippen LogP contribution is 2.20. The Labute approximate surface area is 104 Å². The van der Waals surface area contributed by atoms with Crippen molar-refractivity contribution in [1.29, 1.82) is 0 Å². The van der Waals surface area contributed by atoms with Gasteiger partial charge < -0.3 is 4.55 Å². The molecule has 0 radical (unpaired) electrons. The average Bonchev–Trinajstić information content (AvgIpc) is 2.59. The third-order valence-corrected chi connectivity index (χ3v) is 2.44. The molecule has 1 heterocycles. The van der Waals surface area contributed by atoms with E-state index in [1.165, 1.54) is 12.8 Å².